The highest BCUT2D eigenvalue weighted by Crippen LogP contribution is 2.73. The highest BCUT2D eigenvalue weighted by atomic mass is 16.6. The van der Waals surface area contributed by atoms with Crippen molar-refractivity contribution in [1.29, 1.82) is 0 Å². The molecule has 8 unspecified atom stereocenters. The second kappa shape index (κ2) is 8.70. The van der Waals surface area contributed by atoms with Gasteiger partial charge in [-0.2, -0.15) is 0 Å². The van der Waals surface area contributed by atoms with E-state index >= 15 is 0 Å². The van der Waals surface area contributed by atoms with Crippen LogP contribution in [0.1, 0.15) is 59.3 Å². The van der Waals surface area contributed by atoms with E-state index in [0.29, 0.717) is 25.8 Å². The minimum absolute atomic E-state index is 0.0395. The highest BCUT2D eigenvalue weighted by molar-refractivity contribution is 5.91. The maximum Gasteiger partial charge on any atom is 0.309 e. The lowest BCUT2D eigenvalue weighted by molar-refractivity contribution is -0.201. The first-order valence-electron chi connectivity index (χ1n) is 13.0. The molecule has 4 aliphatic carbocycles. The Morgan fingerprint density at radius 2 is 1.89 bits per heavy atom. The van der Waals surface area contributed by atoms with Crippen LogP contribution in [0.5, 0.6) is 0 Å². The predicted molar refractivity (Wildman–Crippen MR) is 125 cm³/mol. The fourth-order valence-corrected chi connectivity index (χ4v) is 8.92. The summed E-state index contributed by atoms with van der Waals surface area (Å²) in [5.74, 6) is -2.03. The number of methoxy groups -OCH3 is 1. The number of rotatable bonds is 5. The molecule has 0 radical (unpaired) electrons. The van der Waals surface area contributed by atoms with E-state index in [4.69, 9.17) is 14.2 Å². The summed E-state index contributed by atoms with van der Waals surface area (Å²) in [6, 6.07) is -0.366. The zero-order valence-corrected chi connectivity index (χ0v) is 21.4. The van der Waals surface area contributed by atoms with Crippen molar-refractivity contribution in [3.05, 3.63) is 11.1 Å². The number of amides is 1. The van der Waals surface area contributed by atoms with Gasteiger partial charge in [-0.15, -0.1) is 0 Å². The van der Waals surface area contributed by atoms with Crippen molar-refractivity contribution in [3.8, 4) is 0 Å². The number of nitrogens with zero attached hydrogens (tertiary/aromatic N) is 1. The van der Waals surface area contributed by atoms with Crippen molar-refractivity contribution >= 4 is 30.1 Å². The second-order valence-corrected chi connectivity index (χ2v) is 11.4. The third-order valence-corrected chi connectivity index (χ3v) is 9.95. The molecule has 36 heavy (non-hydrogen) atoms. The van der Waals surface area contributed by atoms with Crippen LogP contribution in [0.15, 0.2) is 11.1 Å². The second-order valence-electron chi connectivity index (χ2n) is 11.4. The highest BCUT2D eigenvalue weighted by Gasteiger charge is 2.77. The van der Waals surface area contributed by atoms with E-state index in [1.807, 2.05) is 0 Å². The van der Waals surface area contributed by atoms with E-state index in [1.165, 1.54) is 21.0 Å². The van der Waals surface area contributed by atoms with Crippen molar-refractivity contribution in [3.63, 3.8) is 0 Å². The van der Waals surface area contributed by atoms with Crippen LogP contribution in [0.3, 0.4) is 0 Å². The normalized spacial score (nSPS) is 40.7. The number of ether oxygens (including phenoxy) is 3. The molecule has 9 heteroatoms. The smallest absolute Gasteiger partial charge is 0.309 e. The average molecular weight is 502 g/mol. The Hall–Kier alpha value is -2.71. The summed E-state index contributed by atoms with van der Waals surface area (Å²) < 4.78 is 16.8. The van der Waals surface area contributed by atoms with Crippen LogP contribution in [0.2, 0.25) is 0 Å². The quantitative estimate of drug-likeness (QED) is 0.244. The molecular weight excluding hydrogens is 466 g/mol. The fraction of sp³-hybridized carbons (Fsp3) is 0.741. The molecule has 1 spiro atoms. The number of hydrogen-bond donors (Lipinski definition) is 0. The lowest BCUT2D eigenvalue weighted by Gasteiger charge is -2.60. The lowest BCUT2D eigenvalue weighted by Crippen LogP contribution is -2.69. The van der Waals surface area contributed by atoms with E-state index in [-0.39, 0.29) is 48.6 Å². The van der Waals surface area contributed by atoms with Gasteiger partial charge in [-0.3, -0.25) is 24.0 Å². The van der Waals surface area contributed by atoms with Crippen LogP contribution in [0, 0.1) is 34.5 Å². The monoisotopic (exact) mass is 501 g/mol. The summed E-state index contributed by atoms with van der Waals surface area (Å²) in [5, 5.41) is 0. The van der Waals surface area contributed by atoms with Gasteiger partial charge in [0, 0.05) is 38.3 Å². The number of Topliss-reactive ketones (excluding diaryl/α,β-unsaturated/α-hetero) is 1. The molecule has 0 N–H and O–H groups in total. The number of fused-ring (bicyclic) bond motifs is 1. The first kappa shape index (κ1) is 25.0. The van der Waals surface area contributed by atoms with Gasteiger partial charge in [0.1, 0.15) is 23.9 Å². The van der Waals surface area contributed by atoms with Crippen LogP contribution in [-0.4, -0.2) is 67.4 Å². The van der Waals surface area contributed by atoms with Crippen LogP contribution < -0.4 is 0 Å². The minimum atomic E-state index is -1.39. The molecule has 1 aliphatic heterocycles. The molecule has 196 valence electrons. The molecule has 0 bridgehead atoms. The molecule has 5 aliphatic rings. The third kappa shape index (κ3) is 3.16. The number of hydrogen-bond acceptors (Lipinski definition) is 8. The number of allylic oxidation sites excluding steroid dienone is 1. The number of ketones is 1. The van der Waals surface area contributed by atoms with E-state index in [0.717, 1.165) is 30.4 Å². The van der Waals surface area contributed by atoms with E-state index in [9.17, 15) is 24.0 Å². The Kier molecular flexibility index (Phi) is 6.03. The number of esters is 3. The Morgan fingerprint density at radius 1 is 1.14 bits per heavy atom. The predicted octanol–water partition coefficient (Wildman–Crippen LogP) is 2.21. The van der Waals surface area contributed by atoms with Gasteiger partial charge in [-0.05, 0) is 49.9 Å². The molecule has 0 aromatic heterocycles. The van der Waals surface area contributed by atoms with Crippen LogP contribution in [0.25, 0.3) is 0 Å². The molecule has 1 saturated heterocycles. The summed E-state index contributed by atoms with van der Waals surface area (Å²) in [7, 11) is 1.37. The standard InChI is InChI=1S/C27H35NO8/c1-14-11-28(13-29)24-19(14)9-22(36-16(3)31)27(12-35-15(2)30)21(32)8-6-17-5-7-18-20(25(33)34-4)10-26(24,27)23(17)18/h13-14,18-20,22,24H,5-12H2,1-4H3. The van der Waals surface area contributed by atoms with Crippen LogP contribution in [-0.2, 0) is 38.2 Å². The van der Waals surface area contributed by atoms with Crippen molar-refractivity contribution < 1.29 is 38.2 Å². The minimum Gasteiger partial charge on any atom is -0.469 e. The number of likely N-dealkylation sites (tertiary alicyclic amines) is 1. The lowest BCUT2D eigenvalue weighted by atomic mass is 9.46. The maximum atomic E-state index is 14.4. The average Bonchev–Trinajstić information content (AvgIpc) is 3.47. The molecule has 8 atom stereocenters. The molecular formula is C27H35NO8. The zero-order chi connectivity index (χ0) is 26.0. The molecule has 5 rings (SSSR count). The van der Waals surface area contributed by atoms with Gasteiger partial charge in [-0.25, -0.2) is 0 Å². The topological polar surface area (TPSA) is 116 Å². The first-order chi connectivity index (χ1) is 17.1. The summed E-state index contributed by atoms with van der Waals surface area (Å²) in [5.41, 5.74) is -0.153. The Morgan fingerprint density at radius 3 is 2.53 bits per heavy atom. The van der Waals surface area contributed by atoms with Crippen LogP contribution in [0.4, 0.5) is 0 Å². The summed E-state index contributed by atoms with van der Waals surface area (Å²) in [6.07, 6.45) is 3.05. The molecule has 0 aromatic carbocycles. The van der Waals surface area contributed by atoms with E-state index in [2.05, 4.69) is 6.92 Å². The van der Waals surface area contributed by atoms with E-state index in [1.54, 1.807) is 4.90 Å². The summed E-state index contributed by atoms with van der Waals surface area (Å²) >= 11 is 0. The van der Waals surface area contributed by atoms with Gasteiger partial charge in [0.05, 0.1) is 13.0 Å². The molecule has 2 saturated carbocycles. The van der Waals surface area contributed by atoms with Crippen LogP contribution >= 0.6 is 0 Å². The molecule has 0 aromatic rings. The fourth-order valence-electron chi connectivity index (χ4n) is 8.92. The van der Waals surface area contributed by atoms with Gasteiger partial charge in [0.15, 0.2) is 0 Å². The molecule has 1 amide bonds. The molecule has 9 nitrogen and oxygen atoms in total. The number of carbonyl (C=O) groups is 5. The van der Waals surface area contributed by atoms with Gasteiger partial charge < -0.3 is 19.1 Å². The first-order valence-corrected chi connectivity index (χ1v) is 13.0. The van der Waals surface area contributed by atoms with Crippen molar-refractivity contribution in [2.75, 3.05) is 20.3 Å². The largest absolute Gasteiger partial charge is 0.469 e. The zero-order valence-electron chi connectivity index (χ0n) is 21.4. The maximum absolute atomic E-state index is 14.4. The van der Waals surface area contributed by atoms with Crippen molar-refractivity contribution in [2.24, 2.45) is 34.5 Å². The Bertz CT molecular complexity index is 1050. The SMILES string of the molecule is COC(=O)C1CC23C4=C(CCC(=O)C2(COC(C)=O)C(OC(C)=O)CC2C(C)CN(C=O)C23)CCC41. The summed E-state index contributed by atoms with van der Waals surface area (Å²) in [4.78, 5) is 66.3. The van der Waals surface area contributed by atoms with Gasteiger partial charge >= 0.3 is 17.9 Å². The number of carbonyl (C=O) groups excluding carboxylic acids is 5. The summed E-state index contributed by atoms with van der Waals surface area (Å²) in [6.45, 7) is 4.96. The molecule has 1 heterocycles. The molecule has 3 fully saturated rings. The Balaban J connectivity index is 1.83. The van der Waals surface area contributed by atoms with Crippen molar-refractivity contribution in [1.82, 2.24) is 4.90 Å². The third-order valence-electron chi connectivity index (χ3n) is 9.95. The van der Waals surface area contributed by atoms with Gasteiger partial charge in [-0.1, -0.05) is 18.1 Å². The Labute approximate surface area is 210 Å². The van der Waals surface area contributed by atoms with Crippen molar-refractivity contribution in [2.45, 2.75) is 71.4 Å². The van der Waals surface area contributed by atoms with Gasteiger partial charge in [0.2, 0.25) is 6.41 Å². The van der Waals surface area contributed by atoms with Gasteiger partial charge in [0.25, 0.3) is 0 Å². The van der Waals surface area contributed by atoms with E-state index < -0.39 is 34.8 Å².